The van der Waals surface area contributed by atoms with Crippen molar-refractivity contribution < 1.29 is 9.53 Å². The van der Waals surface area contributed by atoms with E-state index in [1.165, 1.54) is 0 Å². The van der Waals surface area contributed by atoms with E-state index >= 15 is 0 Å². The molecule has 1 amide bonds. The summed E-state index contributed by atoms with van der Waals surface area (Å²) in [5.41, 5.74) is 6.95. The fraction of sp³-hybridized carbons (Fsp3) is 0.533. The molecule has 5 nitrogen and oxygen atoms in total. The Kier molecular flexibility index (Phi) is 4.84. The second-order valence-electron chi connectivity index (χ2n) is 5.31. The number of likely N-dealkylation sites (tertiary alicyclic amines) is 1. The number of ether oxygens (including phenoxy) is 1. The summed E-state index contributed by atoms with van der Waals surface area (Å²) in [7, 11) is 2.11. The molecule has 2 rings (SSSR count). The Morgan fingerprint density at radius 1 is 1.55 bits per heavy atom. The molecule has 0 spiro atoms. The number of rotatable bonds is 5. The minimum Gasteiger partial charge on any atom is -0.492 e. The Balaban J connectivity index is 1.90. The quantitative estimate of drug-likeness (QED) is 0.797. The number of anilines is 1. The molecule has 20 heavy (non-hydrogen) atoms. The van der Waals surface area contributed by atoms with E-state index in [-0.39, 0.29) is 5.91 Å². The van der Waals surface area contributed by atoms with Crippen molar-refractivity contribution in [2.24, 2.45) is 5.92 Å². The summed E-state index contributed by atoms with van der Waals surface area (Å²) in [6.07, 6.45) is 1.14. The topological polar surface area (TPSA) is 67.6 Å². The maximum atomic E-state index is 12.1. The first-order chi connectivity index (χ1) is 9.60. The highest BCUT2D eigenvalue weighted by atomic mass is 16.5. The molecule has 0 radical (unpaired) electrons. The third-order valence-electron chi connectivity index (χ3n) is 3.61. The molecule has 1 atom stereocenters. The van der Waals surface area contributed by atoms with Gasteiger partial charge in [-0.25, -0.2) is 0 Å². The molecule has 1 unspecified atom stereocenters. The van der Waals surface area contributed by atoms with Gasteiger partial charge in [0.25, 0.3) is 5.91 Å². The molecule has 0 saturated carbocycles. The van der Waals surface area contributed by atoms with Crippen LogP contribution in [0.1, 0.15) is 23.7 Å². The second-order valence-corrected chi connectivity index (χ2v) is 5.31. The van der Waals surface area contributed by atoms with Crippen LogP contribution in [0.2, 0.25) is 0 Å². The van der Waals surface area contributed by atoms with E-state index in [0.29, 0.717) is 29.5 Å². The Morgan fingerprint density at radius 3 is 2.95 bits per heavy atom. The van der Waals surface area contributed by atoms with E-state index in [2.05, 4.69) is 17.3 Å². The van der Waals surface area contributed by atoms with Gasteiger partial charge in [-0.2, -0.15) is 0 Å². The van der Waals surface area contributed by atoms with Crippen LogP contribution in [0, 0.1) is 5.92 Å². The summed E-state index contributed by atoms with van der Waals surface area (Å²) < 4.78 is 5.36. The zero-order valence-electron chi connectivity index (χ0n) is 12.2. The number of amides is 1. The molecule has 1 aromatic rings. The lowest BCUT2D eigenvalue weighted by Crippen LogP contribution is -2.30. The van der Waals surface area contributed by atoms with Crippen LogP contribution in [-0.4, -0.2) is 44.1 Å². The maximum absolute atomic E-state index is 12.1. The van der Waals surface area contributed by atoms with Crippen LogP contribution in [0.15, 0.2) is 18.2 Å². The van der Waals surface area contributed by atoms with Gasteiger partial charge in [0.1, 0.15) is 5.75 Å². The molecule has 5 heteroatoms. The van der Waals surface area contributed by atoms with Crippen LogP contribution in [0.3, 0.4) is 0 Å². The Morgan fingerprint density at radius 2 is 2.35 bits per heavy atom. The van der Waals surface area contributed by atoms with Crippen molar-refractivity contribution in [1.29, 1.82) is 0 Å². The molecule has 1 aromatic carbocycles. The Bertz CT molecular complexity index is 476. The molecule has 1 aliphatic heterocycles. The van der Waals surface area contributed by atoms with E-state index in [0.717, 1.165) is 26.1 Å². The van der Waals surface area contributed by atoms with Crippen molar-refractivity contribution in [3.63, 3.8) is 0 Å². The summed E-state index contributed by atoms with van der Waals surface area (Å²) >= 11 is 0. The molecule has 110 valence electrons. The monoisotopic (exact) mass is 277 g/mol. The number of nitrogen functional groups attached to an aromatic ring is 1. The van der Waals surface area contributed by atoms with E-state index in [9.17, 15) is 4.79 Å². The molecule has 1 saturated heterocycles. The fourth-order valence-corrected chi connectivity index (χ4v) is 2.51. The van der Waals surface area contributed by atoms with Crippen molar-refractivity contribution in [2.45, 2.75) is 13.3 Å². The lowest BCUT2D eigenvalue weighted by molar-refractivity contribution is 0.0947. The third-order valence-corrected chi connectivity index (χ3v) is 3.61. The molecule has 0 bridgehead atoms. The largest absolute Gasteiger partial charge is 0.492 e. The van der Waals surface area contributed by atoms with Crippen LogP contribution in [-0.2, 0) is 0 Å². The Labute approximate surface area is 120 Å². The van der Waals surface area contributed by atoms with E-state index in [4.69, 9.17) is 10.5 Å². The molecule has 1 heterocycles. The van der Waals surface area contributed by atoms with Crippen molar-refractivity contribution in [2.75, 3.05) is 39.0 Å². The summed E-state index contributed by atoms with van der Waals surface area (Å²) in [6.45, 7) is 5.34. The first-order valence-electron chi connectivity index (χ1n) is 7.09. The molecular formula is C15H23N3O2. The number of nitrogens with two attached hydrogens (primary N) is 1. The summed E-state index contributed by atoms with van der Waals surface area (Å²) in [5, 5.41) is 2.98. The zero-order valence-corrected chi connectivity index (χ0v) is 12.2. The number of nitrogens with zero attached hydrogens (tertiary/aromatic N) is 1. The number of benzene rings is 1. The van der Waals surface area contributed by atoms with Gasteiger partial charge in [-0.15, -0.1) is 0 Å². The van der Waals surface area contributed by atoms with Gasteiger partial charge in [-0.1, -0.05) is 0 Å². The maximum Gasteiger partial charge on any atom is 0.251 e. The zero-order chi connectivity index (χ0) is 14.5. The van der Waals surface area contributed by atoms with Crippen molar-refractivity contribution in [1.82, 2.24) is 10.2 Å². The normalized spacial score (nSPS) is 19.0. The SMILES string of the molecule is CCOc1ccc(C(=O)NCC2CCN(C)C2)cc1N. The number of hydrogen-bond acceptors (Lipinski definition) is 4. The molecule has 1 aliphatic rings. The van der Waals surface area contributed by atoms with Crippen molar-refractivity contribution >= 4 is 11.6 Å². The summed E-state index contributed by atoms with van der Waals surface area (Å²) in [6, 6.07) is 5.16. The molecule has 0 aliphatic carbocycles. The minimum atomic E-state index is -0.0747. The average Bonchev–Trinajstić information content (AvgIpc) is 2.84. The smallest absolute Gasteiger partial charge is 0.251 e. The predicted octanol–water partition coefficient (Wildman–Crippen LogP) is 1.35. The van der Waals surface area contributed by atoms with Gasteiger partial charge < -0.3 is 20.7 Å². The lowest BCUT2D eigenvalue weighted by atomic mass is 10.1. The standard InChI is InChI=1S/C15H23N3O2/c1-3-20-14-5-4-12(8-13(14)16)15(19)17-9-11-6-7-18(2)10-11/h4-5,8,11H,3,6-7,9-10,16H2,1-2H3,(H,17,19). The van der Waals surface area contributed by atoms with E-state index < -0.39 is 0 Å². The van der Waals surface area contributed by atoms with Crippen molar-refractivity contribution in [3.8, 4) is 5.75 Å². The number of hydrogen-bond donors (Lipinski definition) is 2. The van der Waals surface area contributed by atoms with E-state index in [1.54, 1.807) is 18.2 Å². The minimum absolute atomic E-state index is 0.0747. The van der Waals surface area contributed by atoms with Gasteiger partial charge in [0.05, 0.1) is 12.3 Å². The Hall–Kier alpha value is -1.75. The van der Waals surface area contributed by atoms with E-state index in [1.807, 2.05) is 6.92 Å². The third kappa shape index (κ3) is 3.63. The summed E-state index contributed by atoms with van der Waals surface area (Å²) in [5.74, 6) is 1.10. The molecular weight excluding hydrogens is 254 g/mol. The van der Waals surface area contributed by atoms with Gasteiger partial charge in [0.15, 0.2) is 0 Å². The van der Waals surface area contributed by atoms with Crippen LogP contribution >= 0.6 is 0 Å². The van der Waals surface area contributed by atoms with Crippen LogP contribution < -0.4 is 15.8 Å². The lowest BCUT2D eigenvalue weighted by Gasteiger charge is -2.12. The highest BCUT2D eigenvalue weighted by molar-refractivity contribution is 5.95. The fourth-order valence-electron chi connectivity index (χ4n) is 2.51. The predicted molar refractivity (Wildman–Crippen MR) is 80.0 cm³/mol. The molecule has 1 fully saturated rings. The van der Waals surface area contributed by atoms with Gasteiger partial charge in [0, 0.05) is 18.7 Å². The van der Waals surface area contributed by atoms with Crippen LogP contribution in [0.4, 0.5) is 5.69 Å². The van der Waals surface area contributed by atoms with Gasteiger partial charge in [0.2, 0.25) is 0 Å². The average molecular weight is 277 g/mol. The van der Waals surface area contributed by atoms with Gasteiger partial charge in [-0.3, -0.25) is 4.79 Å². The first-order valence-corrected chi connectivity index (χ1v) is 7.09. The highest BCUT2D eigenvalue weighted by Crippen LogP contribution is 2.22. The number of carbonyl (C=O) groups excluding carboxylic acids is 1. The van der Waals surface area contributed by atoms with Crippen LogP contribution in [0.25, 0.3) is 0 Å². The van der Waals surface area contributed by atoms with Crippen molar-refractivity contribution in [3.05, 3.63) is 23.8 Å². The second kappa shape index (κ2) is 6.61. The van der Waals surface area contributed by atoms with Gasteiger partial charge >= 0.3 is 0 Å². The first kappa shape index (κ1) is 14.7. The number of nitrogens with one attached hydrogen (secondary N) is 1. The van der Waals surface area contributed by atoms with Gasteiger partial charge in [-0.05, 0) is 51.1 Å². The van der Waals surface area contributed by atoms with Crippen LogP contribution in [0.5, 0.6) is 5.75 Å². The molecule has 0 aromatic heterocycles. The molecule has 3 N–H and O–H groups in total. The number of carbonyl (C=O) groups is 1. The summed E-state index contributed by atoms with van der Waals surface area (Å²) in [4.78, 5) is 14.4. The highest BCUT2D eigenvalue weighted by Gasteiger charge is 2.20.